The first-order chi connectivity index (χ1) is 13.1. The molecule has 2 heterocycles. The third-order valence-corrected chi connectivity index (χ3v) is 4.75. The predicted molar refractivity (Wildman–Crippen MR) is 104 cm³/mol. The number of ether oxygens (including phenoxy) is 1. The molecule has 0 amide bonds. The van der Waals surface area contributed by atoms with E-state index >= 15 is 0 Å². The fourth-order valence-electron chi connectivity index (χ4n) is 2.81. The maximum atomic E-state index is 12.3. The Morgan fingerprint density at radius 1 is 1.11 bits per heavy atom. The Morgan fingerprint density at radius 2 is 1.93 bits per heavy atom. The topological polar surface area (TPSA) is 72.3 Å². The molecule has 0 spiro atoms. The first kappa shape index (κ1) is 17.5. The van der Waals surface area contributed by atoms with Crippen LogP contribution in [0.1, 0.15) is 16.8 Å². The zero-order chi connectivity index (χ0) is 18.8. The molecule has 7 heteroatoms. The van der Waals surface area contributed by atoms with E-state index in [4.69, 9.17) is 16.3 Å². The van der Waals surface area contributed by atoms with Crippen LogP contribution < -0.4 is 5.56 Å². The number of hydrogen-bond acceptors (Lipinski definition) is 4. The number of aromatic amines is 1. The second-order valence-electron chi connectivity index (χ2n) is 6.21. The van der Waals surface area contributed by atoms with E-state index in [1.165, 1.54) is 10.6 Å². The molecule has 27 heavy (non-hydrogen) atoms. The molecule has 4 aromatic rings. The molecule has 0 radical (unpaired) electrons. The van der Waals surface area contributed by atoms with E-state index in [-0.39, 0.29) is 12.2 Å². The molecule has 4 rings (SSSR count). The van der Waals surface area contributed by atoms with E-state index in [2.05, 4.69) is 15.1 Å². The van der Waals surface area contributed by atoms with Gasteiger partial charge >= 0.3 is 0 Å². The standard InChI is InChI=1S/C20H17ClN4O2/c1-13-6-5-9-15(18(13)21)11-27-12-16-10-17(26)25-20(22-16)23-19(24-25)14-7-3-2-4-8-14/h2-10H,11-12H2,1H3,(H,22,23,24). The summed E-state index contributed by atoms with van der Waals surface area (Å²) in [6, 6.07) is 16.8. The molecule has 2 aromatic carbocycles. The third-order valence-electron chi connectivity index (χ3n) is 4.20. The van der Waals surface area contributed by atoms with Gasteiger partial charge in [0.05, 0.1) is 13.2 Å². The van der Waals surface area contributed by atoms with Crippen molar-refractivity contribution in [2.75, 3.05) is 0 Å². The summed E-state index contributed by atoms with van der Waals surface area (Å²) in [6.45, 7) is 2.55. The van der Waals surface area contributed by atoms with Crippen molar-refractivity contribution in [3.8, 4) is 11.4 Å². The molecular weight excluding hydrogens is 364 g/mol. The van der Waals surface area contributed by atoms with Crippen molar-refractivity contribution in [2.45, 2.75) is 20.1 Å². The number of halogens is 1. The molecule has 0 aliphatic carbocycles. The maximum Gasteiger partial charge on any atom is 0.275 e. The molecule has 0 aliphatic rings. The zero-order valence-electron chi connectivity index (χ0n) is 14.6. The van der Waals surface area contributed by atoms with Crippen LogP contribution in [0.25, 0.3) is 17.2 Å². The van der Waals surface area contributed by atoms with Crippen molar-refractivity contribution < 1.29 is 4.74 Å². The number of rotatable bonds is 5. The molecule has 0 saturated heterocycles. The van der Waals surface area contributed by atoms with Gasteiger partial charge in [-0.25, -0.2) is 0 Å². The van der Waals surface area contributed by atoms with Crippen LogP contribution in [0.5, 0.6) is 0 Å². The Labute approximate surface area is 160 Å². The van der Waals surface area contributed by atoms with E-state index in [9.17, 15) is 4.79 Å². The van der Waals surface area contributed by atoms with Gasteiger partial charge in [0, 0.05) is 22.3 Å². The van der Waals surface area contributed by atoms with Gasteiger partial charge in [-0.05, 0) is 18.1 Å². The highest BCUT2D eigenvalue weighted by Crippen LogP contribution is 2.21. The average Bonchev–Trinajstić information content (AvgIpc) is 3.11. The summed E-state index contributed by atoms with van der Waals surface area (Å²) in [5.41, 5.74) is 3.13. The van der Waals surface area contributed by atoms with Gasteiger partial charge < -0.3 is 9.72 Å². The largest absolute Gasteiger partial charge is 0.371 e. The van der Waals surface area contributed by atoms with Crippen LogP contribution in [0.2, 0.25) is 5.02 Å². The summed E-state index contributed by atoms with van der Waals surface area (Å²) < 4.78 is 6.98. The normalized spacial score (nSPS) is 11.2. The minimum Gasteiger partial charge on any atom is -0.371 e. The molecule has 1 N–H and O–H groups in total. The van der Waals surface area contributed by atoms with E-state index < -0.39 is 0 Å². The minimum atomic E-state index is -0.259. The summed E-state index contributed by atoms with van der Waals surface area (Å²) in [7, 11) is 0. The van der Waals surface area contributed by atoms with Gasteiger partial charge in [-0.3, -0.25) is 4.79 Å². The number of hydrogen-bond donors (Lipinski definition) is 1. The Bertz CT molecular complexity index is 1150. The highest BCUT2D eigenvalue weighted by molar-refractivity contribution is 6.32. The van der Waals surface area contributed by atoms with Gasteiger partial charge in [-0.2, -0.15) is 9.50 Å². The van der Waals surface area contributed by atoms with Gasteiger partial charge in [0.25, 0.3) is 5.56 Å². The van der Waals surface area contributed by atoms with Crippen LogP contribution in [-0.4, -0.2) is 19.6 Å². The molecule has 0 aliphatic heterocycles. The lowest BCUT2D eigenvalue weighted by molar-refractivity contribution is 0.104. The van der Waals surface area contributed by atoms with E-state index in [0.29, 0.717) is 28.9 Å². The fraction of sp³-hybridized carbons (Fsp3) is 0.150. The molecular formula is C20H17ClN4O2. The lowest BCUT2D eigenvalue weighted by Gasteiger charge is -2.08. The highest BCUT2D eigenvalue weighted by Gasteiger charge is 2.10. The van der Waals surface area contributed by atoms with Gasteiger partial charge in [0.15, 0.2) is 5.82 Å². The van der Waals surface area contributed by atoms with Crippen LogP contribution >= 0.6 is 11.6 Å². The number of benzene rings is 2. The summed E-state index contributed by atoms with van der Waals surface area (Å²) in [5.74, 6) is 0.877. The first-order valence-corrected chi connectivity index (χ1v) is 8.86. The van der Waals surface area contributed by atoms with Crippen LogP contribution in [0, 0.1) is 6.92 Å². The lowest BCUT2D eigenvalue weighted by atomic mass is 10.1. The lowest BCUT2D eigenvalue weighted by Crippen LogP contribution is -2.16. The zero-order valence-corrected chi connectivity index (χ0v) is 15.4. The predicted octanol–water partition coefficient (Wildman–Crippen LogP) is 3.76. The molecule has 6 nitrogen and oxygen atoms in total. The number of fused-ring (bicyclic) bond motifs is 1. The Morgan fingerprint density at radius 3 is 2.74 bits per heavy atom. The summed E-state index contributed by atoms with van der Waals surface area (Å²) >= 11 is 6.28. The molecule has 136 valence electrons. The van der Waals surface area contributed by atoms with Crippen molar-refractivity contribution in [3.05, 3.63) is 86.8 Å². The van der Waals surface area contributed by atoms with Crippen molar-refractivity contribution in [1.82, 2.24) is 19.6 Å². The summed E-state index contributed by atoms with van der Waals surface area (Å²) in [6.07, 6.45) is 0. The van der Waals surface area contributed by atoms with Crippen molar-refractivity contribution >= 4 is 17.4 Å². The van der Waals surface area contributed by atoms with Gasteiger partial charge in [-0.15, -0.1) is 5.10 Å². The average molecular weight is 381 g/mol. The maximum absolute atomic E-state index is 12.3. The molecule has 0 fully saturated rings. The number of aromatic nitrogens is 4. The van der Waals surface area contributed by atoms with Gasteiger partial charge in [0.1, 0.15) is 0 Å². The van der Waals surface area contributed by atoms with E-state index in [1.807, 2.05) is 55.5 Å². The monoisotopic (exact) mass is 380 g/mol. The van der Waals surface area contributed by atoms with Gasteiger partial charge in [-0.1, -0.05) is 60.1 Å². The van der Waals surface area contributed by atoms with Crippen LogP contribution in [0.3, 0.4) is 0 Å². The third kappa shape index (κ3) is 3.63. The van der Waals surface area contributed by atoms with Crippen LogP contribution in [-0.2, 0) is 18.0 Å². The second-order valence-corrected chi connectivity index (χ2v) is 6.59. The Kier molecular flexibility index (Phi) is 4.75. The second kappa shape index (κ2) is 7.34. The smallest absolute Gasteiger partial charge is 0.275 e. The molecule has 0 unspecified atom stereocenters. The fourth-order valence-corrected chi connectivity index (χ4v) is 2.99. The highest BCUT2D eigenvalue weighted by atomic mass is 35.5. The van der Waals surface area contributed by atoms with E-state index in [0.717, 1.165) is 16.7 Å². The van der Waals surface area contributed by atoms with E-state index in [1.54, 1.807) is 0 Å². The van der Waals surface area contributed by atoms with Crippen molar-refractivity contribution in [1.29, 1.82) is 0 Å². The van der Waals surface area contributed by atoms with Gasteiger partial charge in [0.2, 0.25) is 5.78 Å². The quantitative estimate of drug-likeness (QED) is 0.572. The summed E-state index contributed by atoms with van der Waals surface area (Å²) in [5, 5.41) is 4.98. The number of H-pyrrole nitrogens is 1. The summed E-state index contributed by atoms with van der Waals surface area (Å²) in [4.78, 5) is 19.9. The van der Waals surface area contributed by atoms with Crippen molar-refractivity contribution in [2.24, 2.45) is 0 Å². The molecule has 0 bridgehead atoms. The van der Waals surface area contributed by atoms with Crippen LogP contribution in [0.15, 0.2) is 59.4 Å². The Hall–Kier alpha value is -2.96. The molecule has 0 saturated carbocycles. The Balaban J connectivity index is 1.54. The van der Waals surface area contributed by atoms with Crippen LogP contribution in [0.4, 0.5) is 0 Å². The van der Waals surface area contributed by atoms with Crippen molar-refractivity contribution in [3.63, 3.8) is 0 Å². The molecule has 0 atom stereocenters. The first-order valence-electron chi connectivity index (χ1n) is 8.48. The number of nitrogens with one attached hydrogen (secondary N) is 1. The minimum absolute atomic E-state index is 0.240. The molecule has 2 aromatic heterocycles. The SMILES string of the molecule is Cc1cccc(COCc2cc(=O)n3nc(-c4ccccc4)nc3[nH]2)c1Cl. The number of nitrogens with zero attached hydrogens (tertiary/aromatic N) is 3. The number of aryl methyl sites for hydroxylation is 1.